The Morgan fingerprint density at radius 3 is 2.52 bits per heavy atom. The second-order valence-corrected chi connectivity index (χ2v) is 5.88. The van der Waals surface area contributed by atoms with Crippen LogP contribution in [0.4, 0.5) is 23.1 Å². The molecule has 0 amide bonds. The molecule has 3 rings (SSSR count). The molecule has 0 bridgehead atoms. The first-order valence-corrected chi connectivity index (χ1v) is 8.74. The number of ether oxygens (including phenoxy) is 2. The van der Waals surface area contributed by atoms with Gasteiger partial charge in [-0.05, 0) is 36.2 Å². The van der Waals surface area contributed by atoms with Gasteiger partial charge in [-0.15, -0.1) is 0 Å². The highest BCUT2D eigenvalue weighted by Gasteiger charge is 2.23. The van der Waals surface area contributed by atoms with Gasteiger partial charge in [0.2, 0.25) is 11.6 Å². The first-order valence-electron chi connectivity index (χ1n) is 8.74. The van der Waals surface area contributed by atoms with E-state index in [1.807, 2.05) is 18.2 Å². The fourth-order valence-corrected chi connectivity index (χ4v) is 2.69. The van der Waals surface area contributed by atoms with Crippen molar-refractivity contribution in [3.63, 3.8) is 0 Å². The maximum Gasteiger partial charge on any atom is 0.353 e. The zero-order chi connectivity index (χ0) is 20.6. The lowest BCUT2D eigenvalue weighted by Gasteiger charge is -2.11. The maximum atomic E-state index is 11.6. The molecule has 150 valence electrons. The highest BCUT2D eigenvalue weighted by Crippen LogP contribution is 2.31. The van der Waals surface area contributed by atoms with Crippen molar-refractivity contribution in [3.05, 3.63) is 64.6 Å². The van der Waals surface area contributed by atoms with Gasteiger partial charge in [-0.2, -0.15) is 0 Å². The summed E-state index contributed by atoms with van der Waals surface area (Å²) in [6, 6.07) is 10.8. The first kappa shape index (κ1) is 19.8. The van der Waals surface area contributed by atoms with E-state index in [0.29, 0.717) is 30.3 Å². The van der Waals surface area contributed by atoms with Crippen molar-refractivity contribution in [1.82, 2.24) is 15.0 Å². The van der Waals surface area contributed by atoms with E-state index in [9.17, 15) is 10.1 Å². The summed E-state index contributed by atoms with van der Waals surface area (Å²) < 4.78 is 10.5. The molecule has 10 heteroatoms. The quantitative estimate of drug-likeness (QED) is 0.414. The van der Waals surface area contributed by atoms with Crippen LogP contribution in [-0.4, -0.2) is 40.6 Å². The molecule has 0 unspecified atom stereocenters. The summed E-state index contributed by atoms with van der Waals surface area (Å²) >= 11 is 0. The van der Waals surface area contributed by atoms with Crippen LogP contribution in [0.25, 0.3) is 0 Å². The number of pyridine rings is 1. The van der Waals surface area contributed by atoms with E-state index in [1.165, 1.54) is 6.33 Å². The minimum atomic E-state index is -0.524. The fraction of sp³-hybridized carbons (Fsp3) is 0.211. The van der Waals surface area contributed by atoms with E-state index < -0.39 is 4.92 Å². The number of nitro groups is 1. The second kappa shape index (κ2) is 9.31. The average Bonchev–Trinajstić information content (AvgIpc) is 2.74. The molecular weight excluding hydrogens is 376 g/mol. The van der Waals surface area contributed by atoms with Gasteiger partial charge >= 0.3 is 5.69 Å². The first-order chi connectivity index (χ1) is 14.1. The Labute approximate surface area is 167 Å². The predicted molar refractivity (Wildman–Crippen MR) is 108 cm³/mol. The Balaban J connectivity index is 1.74. The van der Waals surface area contributed by atoms with E-state index in [1.54, 1.807) is 38.6 Å². The molecule has 0 aliphatic carbocycles. The van der Waals surface area contributed by atoms with Crippen LogP contribution < -0.4 is 20.1 Å². The highest BCUT2D eigenvalue weighted by atomic mass is 16.6. The molecule has 0 radical (unpaired) electrons. The third kappa shape index (κ3) is 4.86. The summed E-state index contributed by atoms with van der Waals surface area (Å²) in [5, 5.41) is 17.5. The highest BCUT2D eigenvalue weighted by molar-refractivity contribution is 5.72. The van der Waals surface area contributed by atoms with Crippen molar-refractivity contribution in [2.24, 2.45) is 0 Å². The van der Waals surface area contributed by atoms with Gasteiger partial charge in [0.05, 0.1) is 19.1 Å². The molecule has 0 saturated carbocycles. The third-order valence-corrected chi connectivity index (χ3v) is 4.07. The topological polar surface area (TPSA) is 124 Å². The predicted octanol–water partition coefficient (Wildman–Crippen LogP) is 3.20. The van der Waals surface area contributed by atoms with Gasteiger partial charge in [-0.3, -0.25) is 10.1 Å². The van der Waals surface area contributed by atoms with E-state index in [0.717, 1.165) is 5.56 Å². The summed E-state index contributed by atoms with van der Waals surface area (Å²) in [6.07, 6.45) is 3.44. The Morgan fingerprint density at radius 1 is 1.03 bits per heavy atom. The van der Waals surface area contributed by atoms with Crippen LogP contribution >= 0.6 is 0 Å². The van der Waals surface area contributed by atoms with Crippen molar-refractivity contribution < 1.29 is 14.4 Å². The van der Waals surface area contributed by atoms with Crippen LogP contribution in [0.1, 0.15) is 5.56 Å². The summed E-state index contributed by atoms with van der Waals surface area (Å²) in [5.74, 6) is 1.91. The lowest BCUT2D eigenvalue weighted by Crippen LogP contribution is -2.11. The van der Waals surface area contributed by atoms with Gasteiger partial charge in [-0.25, -0.2) is 15.0 Å². The molecule has 2 heterocycles. The third-order valence-electron chi connectivity index (χ3n) is 4.07. The van der Waals surface area contributed by atoms with Crippen molar-refractivity contribution in [2.75, 3.05) is 31.4 Å². The molecule has 2 N–H and O–H groups in total. The minimum absolute atomic E-state index is 0.0670. The molecule has 2 aromatic heterocycles. The molecule has 0 aliphatic rings. The number of nitrogens with one attached hydrogen (secondary N) is 2. The number of nitrogens with zero attached hydrogens (tertiary/aromatic N) is 4. The lowest BCUT2D eigenvalue weighted by atomic mass is 10.1. The number of methoxy groups -OCH3 is 2. The molecule has 3 aromatic rings. The smallest absolute Gasteiger partial charge is 0.353 e. The molecule has 0 atom stereocenters. The Kier molecular flexibility index (Phi) is 6.36. The van der Waals surface area contributed by atoms with Crippen LogP contribution in [0, 0.1) is 10.1 Å². The van der Waals surface area contributed by atoms with E-state index in [-0.39, 0.29) is 17.3 Å². The number of anilines is 3. The van der Waals surface area contributed by atoms with Gasteiger partial charge in [0, 0.05) is 12.7 Å². The minimum Gasteiger partial charge on any atom is -0.493 e. The number of benzene rings is 1. The van der Waals surface area contributed by atoms with E-state index in [4.69, 9.17) is 9.47 Å². The number of rotatable bonds is 9. The summed E-state index contributed by atoms with van der Waals surface area (Å²) in [6.45, 7) is 0.427. The van der Waals surface area contributed by atoms with Crippen LogP contribution in [0.15, 0.2) is 48.9 Å². The fourth-order valence-electron chi connectivity index (χ4n) is 2.69. The largest absolute Gasteiger partial charge is 0.493 e. The van der Waals surface area contributed by atoms with Crippen LogP contribution in [-0.2, 0) is 6.42 Å². The van der Waals surface area contributed by atoms with Gasteiger partial charge in [0.25, 0.3) is 0 Å². The molecule has 1 aromatic carbocycles. The summed E-state index contributed by atoms with van der Waals surface area (Å²) in [4.78, 5) is 23.2. The molecule has 10 nitrogen and oxygen atoms in total. The van der Waals surface area contributed by atoms with Crippen LogP contribution in [0.3, 0.4) is 0 Å². The monoisotopic (exact) mass is 396 g/mol. The van der Waals surface area contributed by atoms with Crippen molar-refractivity contribution in [2.45, 2.75) is 6.42 Å². The summed E-state index contributed by atoms with van der Waals surface area (Å²) in [7, 11) is 3.14. The standard InChI is InChI=1S/C19H20N6O4/c1-28-14-7-6-13(11-15(14)29-2)8-10-21-18-17(25(26)27)19(23-12-22-18)24-16-5-3-4-9-20-16/h3-7,9,11-12H,8,10H2,1-2H3,(H2,20,21,22,23,24). The summed E-state index contributed by atoms with van der Waals surface area (Å²) in [5.41, 5.74) is 0.740. The van der Waals surface area contributed by atoms with Gasteiger partial charge < -0.3 is 20.1 Å². The van der Waals surface area contributed by atoms with Crippen molar-refractivity contribution in [3.8, 4) is 11.5 Å². The van der Waals surface area contributed by atoms with E-state index in [2.05, 4.69) is 25.6 Å². The zero-order valence-electron chi connectivity index (χ0n) is 16.0. The van der Waals surface area contributed by atoms with Gasteiger partial charge in [0.15, 0.2) is 11.5 Å². The number of hydrogen-bond acceptors (Lipinski definition) is 9. The van der Waals surface area contributed by atoms with Crippen molar-refractivity contribution >= 4 is 23.1 Å². The molecule has 0 fully saturated rings. The second-order valence-electron chi connectivity index (χ2n) is 5.88. The lowest BCUT2D eigenvalue weighted by molar-refractivity contribution is -0.383. The Bertz CT molecular complexity index is 984. The number of aromatic nitrogens is 3. The zero-order valence-corrected chi connectivity index (χ0v) is 16.0. The van der Waals surface area contributed by atoms with Gasteiger partial charge in [0.1, 0.15) is 12.1 Å². The molecule has 0 saturated heterocycles. The van der Waals surface area contributed by atoms with E-state index >= 15 is 0 Å². The average molecular weight is 396 g/mol. The molecule has 0 spiro atoms. The molecule has 29 heavy (non-hydrogen) atoms. The van der Waals surface area contributed by atoms with Crippen LogP contribution in [0.5, 0.6) is 11.5 Å². The van der Waals surface area contributed by atoms with Crippen molar-refractivity contribution in [1.29, 1.82) is 0 Å². The maximum absolute atomic E-state index is 11.6. The Morgan fingerprint density at radius 2 is 1.83 bits per heavy atom. The Hall–Kier alpha value is -3.95. The molecule has 0 aliphatic heterocycles. The molecular formula is C19H20N6O4. The van der Waals surface area contributed by atoms with Crippen LogP contribution in [0.2, 0.25) is 0 Å². The number of hydrogen-bond donors (Lipinski definition) is 2. The SMILES string of the molecule is COc1ccc(CCNc2ncnc(Nc3ccccn3)c2[N+](=O)[O-])cc1OC. The van der Waals surface area contributed by atoms with Gasteiger partial charge in [-0.1, -0.05) is 12.1 Å². The normalized spacial score (nSPS) is 10.3.